The lowest BCUT2D eigenvalue weighted by atomic mass is 10.0. The van der Waals surface area contributed by atoms with E-state index in [1.807, 2.05) is 30.3 Å². The van der Waals surface area contributed by atoms with Crippen molar-refractivity contribution in [2.75, 3.05) is 39.4 Å². The molecule has 0 radical (unpaired) electrons. The van der Waals surface area contributed by atoms with Crippen LogP contribution < -0.4 is 10.6 Å². The van der Waals surface area contributed by atoms with Gasteiger partial charge in [-0.2, -0.15) is 0 Å². The SMILES string of the molecule is O=C(NCCc1ccccc1)NCC(c1ccc(F)cc1)N1CCOCC1. The van der Waals surface area contributed by atoms with E-state index in [-0.39, 0.29) is 17.9 Å². The third-order valence-electron chi connectivity index (χ3n) is 4.74. The standard InChI is InChI=1S/C21H26FN3O2/c22-19-8-6-18(7-9-19)20(25-12-14-27-15-13-25)16-24-21(26)23-11-10-17-4-2-1-3-5-17/h1-9,20H,10-16H2,(H2,23,24,26). The molecular formula is C21H26FN3O2. The summed E-state index contributed by atoms with van der Waals surface area (Å²) < 4.78 is 18.7. The van der Waals surface area contributed by atoms with Crippen molar-refractivity contribution in [2.45, 2.75) is 12.5 Å². The van der Waals surface area contributed by atoms with Crippen LogP contribution in [0.2, 0.25) is 0 Å². The summed E-state index contributed by atoms with van der Waals surface area (Å²) in [6.45, 7) is 3.96. The summed E-state index contributed by atoms with van der Waals surface area (Å²) in [6.07, 6.45) is 0.791. The van der Waals surface area contributed by atoms with Gasteiger partial charge in [0.25, 0.3) is 0 Å². The number of urea groups is 1. The Labute approximate surface area is 159 Å². The monoisotopic (exact) mass is 371 g/mol. The molecule has 0 saturated carbocycles. The molecule has 0 bridgehead atoms. The maximum Gasteiger partial charge on any atom is 0.314 e. The number of carbonyl (C=O) groups is 1. The first-order valence-corrected chi connectivity index (χ1v) is 9.35. The van der Waals surface area contributed by atoms with Crippen LogP contribution in [0, 0.1) is 5.82 Å². The molecule has 2 N–H and O–H groups in total. The first-order chi connectivity index (χ1) is 13.2. The van der Waals surface area contributed by atoms with Crippen molar-refractivity contribution in [2.24, 2.45) is 0 Å². The lowest BCUT2D eigenvalue weighted by molar-refractivity contribution is 0.0167. The molecule has 1 saturated heterocycles. The molecule has 1 fully saturated rings. The number of morpholine rings is 1. The van der Waals surface area contributed by atoms with Crippen molar-refractivity contribution in [1.82, 2.24) is 15.5 Å². The zero-order valence-electron chi connectivity index (χ0n) is 15.4. The van der Waals surface area contributed by atoms with E-state index in [4.69, 9.17) is 4.74 Å². The molecule has 0 spiro atoms. The third kappa shape index (κ3) is 6.05. The van der Waals surface area contributed by atoms with Crippen LogP contribution in [0.4, 0.5) is 9.18 Å². The average Bonchev–Trinajstić information content (AvgIpc) is 2.71. The van der Waals surface area contributed by atoms with Crippen LogP contribution in [0.15, 0.2) is 54.6 Å². The Morgan fingerprint density at radius 1 is 1.04 bits per heavy atom. The van der Waals surface area contributed by atoms with Gasteiger partial charge in [0.1, 0.15) is 5.82 Å². The minimum absolute atomic E-state index is 0.00521. The van der Waals surface area contributed by atoms with Crippen molar-refractivity contribution < 1.29 is 13.9 Å². The highest BCUT2D eigenvalue weighted by Gasteiger charge is 2.23. The highest BCUT2D eigenvalue weighted by Crippen LogP contribution is 2.21. The molecular weight excluding hydrogens is 345 g/mol. The van der Waals surface area contributed by atoms with Gasteiger partial charge in [0.2, 0.25) is 0 Å². The lowest BCUT2D eigenvalue weighted by Gasteiger charge is -2.35. The Hall–Kier alpha value is -2.44. The van der Waals surface area contributed by atoms with Gasteiger partial charge in [0, 0.05) is 26.2 Å². The van der Waals surface area contributed by atoms with Crippen molar-refractivity contribution in [1.29, 1.82) is 0 Å². The number of rotatable bonds is 7. The van der Waals surface area contributed by atoms with Gasteiger partial charge in [-0.15, -0.1) is 0 Å². The lowest BCUT2D eigenvalue weighted by Crippen LogP contribution is -2.46. The number of ether oxygens (including phenoxy) is 1. The summed E-state index contributed by atoms with van der Waals surface area (Å²) in [5.41, 5.74) is 2.18. The minimum atomic E-state index is -0.258. The van der Waals surface area contributed by atoms with Crippen molar-refractivity contribution >= 4 is 6.03 Å². The van der Waals surface area contributed by atoms with E-state index < -0.39 is 0 Å². The van der Waals surface area contributed by atoms with Crippen LogP contribution in [0.3, 0.4) is 0 Å². The molecule has 2 amide bonds. The maximum atomic E-state index is 13.3. The topological polar surface area (TPSA) is 53.6 Å². The van der Waals surface area contributed by atoms with Gasteiger partial charge < -0.3 is 15.4 Å². The quantitative estimate of drug-likeness (QED) is 0.787. The molecule has 27 heavy (non-hydrogen) atoms. The normalized spacial score (nSPS) is 15.9. The molecule has 1 unspecified atom stereocenters. The first kappa shape index (κ1) is 19.3. The predicted molar refractivity (Wildman–Crippen MR) is 103 cm³/mol. The molecule has 5 nitrogen and oxygen atoms in total. The molecule has 1 aliphatic rings. The molecule has 2 aromatic rings. The number of hydrogen-bond acceptors (Lipinski definition) is 3. The van der Waals surface area contributed by atoms with E-state index >= 15 is 0 Å². The molecule has 3 rings (SSSR count). The highest BCUT2D eigenvalue weighted by atomic mass is 19.1. The van der Waals surface area contributed by atoms with Crippen molar-refractivity contribution in [3.63, 3.8) is 0 Å². The average molecular weight is 371 g/mol. The van der Waals surface area contributed by atoms with Crippen LogP contribution in [0.1, 0.15) is 17.2 Å². The second-order valence-electron chi connectivity index (χ2n) is 6.59. The van der Waals surface area contributed by atoms with E-state index in [2.05, 4.69) is 15.5 Å². The van der Waals surface area contributed by atoms with Crippen molar-refractivity contribution in [3.8, 4) is 0 Å². The summed E-state index contributed by atoms with van der Waals surface area (Å²) in [5.74, 6) is -0.258. The van der Waals surface area contributed by atoms with Crippen LogP contribution >= 0.6 is 0 Å². The smallest absolute Gasteiger partial charge is 0.314 e. The fraction of sp³-hybridized carbons (Fsp3) is 0.381. The number of hydrogen-bond donors (Lipinski definition) is 2. The molecule has 144 valence electrons. The van der Waals surface area contributed by atoms with Gasteiger partial charge >= 0.3 is 6.03 Å². The second kappa shape index (κ2) is 10.0. The summed E-state index contributed by atoms with van der Waals surface area (Å²) in [6, 6.07) is 16.3. The second-order valence-corrected chi connectivity index (χ2v) is 6.59. The Bertz CT molecular complexity index is 703. The molecule has 0 aromatic heterocycles. The predicted octanol–water partition coefficient (Wildman–Crippen LogP) is 2.74. The molecule has 1 atom stereocenters. The minimum Gasteiger partial charge on any atom is -0.379 e. The van der Waals surface area contributed by atoms with E-state index in [0.717, 1.165) is 25.1 Å². The van der Waals surface area contributed by atoms with E-state index in [1.165, 1.54) is 17.7 Å². The Balaban J connectivity index is 1.52. The number of benzene rings is 2. The number of nitrogens with zero attached hydrogens (tertiary/aromatic N) is 1. The number of nitrogens with one attached hydrogen (secondary N) is 2. The summed E-state index contributed by atoms with van der Waals surface area (Å²) in [7, 11) is 0. The summed E-state index contributed by atoms with van der Waals surface area (Å²) in [4.78, 5) is 14.4. The molecule has 6 heteroatoms. The van der Waals surface area contributed by atoms with Crippen LogP contribution in [0.25, 0.3) is 0 Å². The van der Waals surface area contributed by atoms with Crippen LogP contribution in [-0.2, 0) is 11.2 Å². The van der Waals surface area contributed by atoms with Gasteiger partial charge in [-0.3, -0.25) is 4.90 Å². The van der Waals surface area contributed by atoms with Gasteiger partial charge in [0.05, 0.1) is 19.3 Å². The summed E-state index contributed by atoms with van der Waals surface area (Å²) >= 11 is 0. The van der Waals surface area contributed by atoms with Crippen molar-refractivity contribution in [3.05, 3.63) is 71.5 Å². The Kier molecular flexibility index (Phi) is 7.19. The molecule has 2 aromatic carbocycles. The van der Waals surface area contributed by atoms with Gasteiger partial charge in [-0.1, -0.05) is 42.5 Å². The highest BCUT2D eigenvalue weighted by molar-refractivity contribution is 5.73. The van der Waals surface area contributed by atoms with Gasteiger partial charge in [0.15, 0.2) is 0 Å². The Morgan fingerprint density at radius 3 is 2.44 bits per heavy atom. The van der Waals surface area contributed by atoms with Gasteiger partial charge in [-0.25, -0.2) is 9.18 Å². The zero-order valence-corrected chi connectivity index (χ0v) is 15.4. The van der Waals surface area contributed by atoms with Crippen LogP contribution in [-0.4, -0.2) is 50.3 Å². The van der Waals surface area contributed by atoms with E-state index in [1.54, 1.807) is 12.1 Å². The zero-order chi connectivity index (χ0) is 18.9. The number of amides is 2. The molecule has 0 aliphatic carbocycles. The first-order valence-electron chi connectivity index (χ1n) is 9.35. The Morgan fingerprint density at radius 2 is 1.74 bits per heavy atom. The third-order valence-corrected chi connectivity index (χ3v) is 4.74. The largest absolute Gasteiger partial charge is 0.379 e. The van der Waals surface area contributed by atoms with E-state index in [9.17, 15) is 9.18 Å². The van der Waals surface area contributed by atoms with E-state index in [0.29, 0.717) is 26.3 Å². The van der Waals surface area contributed by atoms with Crippen LogP contribution in [0.5, 0.6) is 0 Å². The maximum absolute atomic E-state index is 13.3. The molecule has 1 aliphatic heterocycles. The summed E-state index contributed by atoms with van der Waals surface area (Å²) in [5, 5.41) is 5.85. The fourth-order valence-corrected chi connectivity index (χ4v) is 3.25. The number of carbonyl (C=O) groups excluding carboxylic acids is 1. The number of halogens is 1. The van der Waals surface area contributed by atoms with Gasteiger partial charge in [-0.05, 0) is 29.7 Å². The molecule has 1 heterocycles. The fourth-order valence-electron chi connectivity index (χ4n) is 3.25.